The molecule has 1 amide bonds. The van der Waals surface area contributed by atoms with Gasteiger partial charge in [-0.2, -0.15) is 8.78 Å². The summed E-state index contributed by atoms with van der Waals surface area (Å²) >= 11 is 0. The van der Waals surface area contributed by atoms with E-state index in [0.29, 0.717) is 31.6 Å². The van der Waals surface area contributed by atoms with Gasteiger partial charge < -0.3 is 19.6 Å². The Kier molecular flexibility index (Phi) is 5.54. The van der Waals surface area contributed by atoms with Crippen molar-refractivity contribution in [3.63, 3.8) is 0 Å². The Morgan fingerprint density at radius 2 is 1.84 bits per heavy atom. The summed E-state index contributed by atoms with van der Waals surface area (Å²) in [6.07, 6.45) is 3.76. The second-order valence-electron chi connectivity index (χ2n) is 6.94. The minimum atomic E-state index is -2.88. The molecule has 2 fully saturated rings. The molecule has 0 aromatic heterocycles. The number of benzene rings is 1. The maximum Gasteiger partial charge on any atom is 0.387 e. The fourth-order valence-electron chi connectivity index (χ4n) is 3.73. The number of ether oxygens (including phenoxy) is 1. The van der Waals surface area contributed by atoms with Crippen molar-refractivity contribution in [2.24, 2.45) is 0 Å². The van der Waals surface area contributed by atoms with E-state index in [2.05, 4.69) is 9.64 Å². The Morgan fingerprint density at radius 1 is 1.16 bits per heavy atom. The van der Waals surface area contributed by atoms with E-state index in [0.717, 1.165) is 32.4 Å². The van der Waals surface area contributed by atoms with Crippen LogP contribution in [0.2, 0.25) is 0 Å². The lowest BCUT2D eigenvalue weighted by atomic mass is 9.91. The second kappa shape index (κ2) is 7.66. The van der Waals surface area contributed by atoms with Gasteiger partial charge in [0.15, 0.2) is 0 Å². The molecule has 0 unspecified atom stereocenters. The molecule has 0 aliphatic carbocycles. The predicted molar refractivity (Wildman–Crippen MR) is 88.8 cm³/mol. The number of alkyl halides is 2. The molecule has 1 aromatic carbocycles. The van der Waals surface area contributed by atoms with Crippen LogP contribution in [0, 0.1) is 0 Å². The number of likely N-dealkylation sites (tertiary alicyclic amines) is 2. The van der Waals surface area contributed by atoms with Crippen molar-refractivity contribution in [2.75, 3.05) is 32.7 Å². The molecule has 0 spiro atoms. The van der Waals surface area contributed by atoms with Gasteiger partial charge in [0.25, 0.3) is 5.91 Å². The molecule has 138 valence electrons. The lowest BCUT2D eigenvalue weighted by molar-refractivity contribution is -0.0499. The summed E-state index contributed by atoms with van der Waals surface area (Å²) in [6, 6.07) is 5.68. The van der Waals surface area contributed by atoms with Crippen LogP contribution in [0.1, 0.15) is 36.0 Å². The molecule has 2 aliphatic rings. The van der Waals surface area contributed by atoms with Crippen LogP contribution in [-0.4, -0.2) is 65.7 Å². The number of rotatable bonds is 5. The Bertz CT molecular complexity index is 590. The van der Waals surface area contributed by atoms with Crippen LogP contribution >= 0.6 is 0 Å². The molecule has 5 nitrogen and oxygen atoms in total. The first kappa shape index (κ1) is 18.1. The van der Waals surface area contributed by atoms with Crippen molar-refractivity contribution in [3.05, 3.63) is 29.8 Å². The number of halogens is 2. The zero-order chi connectivity index (χ0) is 17.9. The van der Waals surface area contributed by atoms with E-state index in [9.17, 15) is 18.7 Å². The number of β-amino-alcohol motifs (C(OH)–C–C–N with tert-alkyl or cyclic N) is 1. The average molecular weight is 354 g/mol. The van der Waals surface area contributed by atoms with E-state index in [1.165, 1.54) is 24.3 Å². The van der Waals surface area contributed by atoms with Crippen molar-refractivity contribution < 1.29 is 23.4 Å². The average Bonchev–Trinajstić information content (AvgIpc) is 3.06. The van der Waals surface area contributed by atoms with Gasteiger partial charge in [0.2, 0.25) is 0 Å². The Morgan fingerprint density at radius 3 is 2.48 bits per heavy atom. The van der Waals surface area contributed by atoms with Crippen LogP contribution in [-0.2, 0) is 0 Å². The number of aliphatic hydroxyl groups is 1. The topological polar surface area (TPSA) is 53.0 Å². The number of carbonyl (C=O) groups excluding carboxylic acids is 1. The maximum absolute atomic E-state index is 12.7. The first-order valence-electron chi connectivity index (χ1n) is 8.74. The third kappa shape index (κ3) is 4.67. The Hall–Kier alpha value is -1.73. The number of nitrogens with zero attached hydrogens (tertiary/aromatic N) is 2. The van der Waals surface area contributed by atoms with Gasteiger partial charge in [-0.25, -0.2) is 0 Å². The molecule has 0 radical (unpaired) electrons. The van der Waals surface area contributed by atoms with Crippen LogP contribution in [0.3, 0.4) is 0 Å². The van der Waals surface area contributed by atoms with Crippen LogP contribution in [0.4, 0.5) is 8.78 Å². The predicted octanol–water partition coefficient (Wildman–Crippen LogP) is 2.35. The maximum atomic E-state index is 12.7. The Balaban J connectivity index is 1.62. The lowest BCUT2D eigenvalue weighted by Crippen LogP contribution is -2.55. The molecule has 7 heteroatoms. The molecule has 1 N–H and O–H groups in total. The van der Waals surface area contributed by atoms with E-state index in [4.69, 9.17) is 0 Å². The standard InChI is InChI=1S/C18H24F2N2O3/c19-17(20)25-15-6-4-14(5-7-15)16(23)22-11-3-8-18(24,13-22)12-21-9-1-2-10-21/h4-7,17,24H,1-3,8-13H2/t18-/m0/s1. The molecular weight excluding hydrogens is 330 g/mol. The van der Waals surface area contributed by atoms with E-state index in [1.807, 2.05) is 0 Å². The van der Waals surface area contributed by atoms with Crippen LogP contribution in [0.15, 0.2) is 24.3 Å². The highest BCUT2D eigenvalue weighted by atomic mass is 19.3. The molecule has 25 heavy (non-hydrogen) atoms. The number of piperidine rings is 1. The summed E-state index contributed by atoms with van der Waals surface area (Å²) in [5.74, 6) is -0.168. The quantitative estimate of drug-likeness (QED) is 0.882. The van der Waals surface area contributed by atoms with Crippen molar-refractivity contribution in [2.45, 2.75) is 37.9 Å². The fraction of sp³-hybridized carbons (Fsp3) is 0.611. The van der Waals surface area contributed by atoms with E-state index < -0.39 is 12.2 Å². The lowest BCUT2D eigenvalue weighted by Gasteiger charge is -2.41. The molecular formula is C18H24F2N2O3. The van der Waals surface area contributed by atoms with Gasteiger partial charge in [0, 0.05) is 18.7 Å². The summed E-state index contributed by atoms with van der Waals surface area (Å²) < 4.78 is 28.7. The molecule has 3 rings (SSSR count). The number of hydrogen-bond acceptors (Lipinski definition) is 4. The van der Waals surface area contributed by atoms with Crippen LogP contribution < -0.4 is 4.74 Å². The van der Waals surface area contributed by atoms with Gasteiger partial charge in [0.05, 0.1) is 12.1 Å². The molecule has 1 atom stereocenters. The first-order chi connectivity index (χ1) is 12.0. The van der Waals surface area contributed by atoms with Gasteiger partial charge in [-0.1, -0.05) is 0 Å². The normalized spacial score (nSPS) is 24.7. The van der Waals surface area contributed by atoms with Crippen LogP contribution in [0.5, 0.6) is 5.75 Å². The summed E-state index contributed by atoms with van der Waals surface area (Å²) in [5.41, 5.74) is -0.469. The van der Waals surface area contributed by atoms with E-state index >= 15 is 0 Å². The zero-order valence-corrected chi connectivity index (χ0v) is 14.2. The Labute approximate surface area is 146 Å². The third-order valence-corrected chi connectivity index (χ3v) is 4.89. The van der Waals surface area contributed by atoms with Crippen molar-refractivity contribution in [1.82, 2.24) is 9.80 Å². The zero-order valence-electron chi connectivity index (χ0n) is 14.2. The SMILES string of the molecule is O=C(c1ccc(OC(F)F)cc1)N1CCC[C@](O)(CN2CCCC2)C1. The summed E-state index contributed by atoms with van der Waals surface area (Å²) in [4.78, 5) is 16.6. The summed E-state index contributed by atoms with van der Waals surface area (Å²) in [7, 11) is 0. The second-order valence-corrected chi connectivity index (χ2v) is 6.94. The van der Waals surface area contributed by atoms with Gasteiger partial charge in [-0.05, 0) is 63.0 Å². The highest BCUT2D eigenvalue weighted by Gasteiger charge is 2.37. The van der Waals surface area contributed by atoms with Gasteiger partial charge in [-0.3, -0.25) is 4.79 Å². The number of hydrogen-bond donors (Lipinski definition) is 1. The van der Waals surface area contributed by atoms with E-state index in [1.54, 1.807) is 4.90 Å². The highest BCUT2D eigenvalue weighted by molar-refractivity contribution is 5.94. The minimum Gasteiger partial charge on any atom is -0.435 e. The number of carbonyl (C=O) groups is 1. The summed E-state index contributed by atoms with van der Waals surface area (Å²) in [5, 5.41) is 10.9. The third-order valence-electron chi connectivity index (χ3n) is 4.89. The molecule has 2 saturated heterocycles. The highest BCUT2D eigenvalue weighted by Crippen LogP contribution is 2.26. The van der Waals surface area contributed by atoms with Crippen molar-refractivity contribution in [3.8, 4) is 5.75 Å². The minimum absolute atomic E-state index is 0.0238. The van der Waals surface area contributed by atoms with Gasteiger partial charge in [0.1, 0.15) is 5.75 Å². The van der Waals surface area contributed by atoms with Crippen molar-refractivity contribution in [1.29, 1.82) is 0 Å². The molecule has 0 bridgehead atoms. The number of amides is 1. The van der Waals surface area contributed by atoms with Gasteiger partial charge >= 0.3 is 6.61 Å². The largest absolute Gasteiger partial charge is 0.435 e. The smallest absolute Gasteiger partial charge is 0.387 e. The molecule has 2 aliphatic heterocycles. The summed E-state index contributed by atoms with van der Waals surface area (Å²) in [6.45, 7) is 0.611. The molecule has 1 aromatic rings. The first-order valence-corrected chi connectivity index (χ1v) is 8.74. The van der Waals surface area contributed by atoms with Crippen molar-refractivity contribution >= 4 is 5.91 Å². The molecule has 2 heterocycles. The molecule has 0 saturated carbocycles. The monoisotopic (exact) mass is 354 g/mol. The van der Waals surface area contributed by atoms with Gasteiger partial charge in [-0.15, -0.1) is 0 Å². The fourth-order valence-corrected chi connectivity index (χ4v) is 3.73. The van der Waals surface area contributed by atoms with Crippen LogP contribution in [0.25, 0.3) is 0 Å². The van der Waals surface area contributed by atoms with E-state index in [-0.39, 0.29) is 11.7 Å².